The molecule has 0 radical (unpaired) electrons. The summed E-state index contributed by atoms with van der Waals surface area (Å²) in [6.07, 6.45) is 1.57. The number of benzene rings is 2. The summed E-state index contributed by atoms with van der Waals surface area (Å²) in [6, 6.07) is 18.0. The summed E-state index contributed by atoms with van der Waals surface area (Å²) in [7, 11) is 0. The lowest BCUT2D eigenvalue weighted by atomic mass is 10.1. The highest BCUT2D eigenvalue weighted by atomic mass is 19.1. The van der Waals surface area contributed by atoms with Crippen LogP contribution in [0.15, 0.2) is 66.9 Å². The quantitative estimate of drug-likeness (QED) is 0.697. The third-order valence-corrected chi connectivity index (χ3v) is 4.08. The van der Waals surface area contributed by atoms with Gasteiger partial charge >= 0.3 is 0 Å². The van der Waals surface area contributed by atoms with Crippen LogP contribution in [-0.4, -0.2) is 10.9 Å². The molecule has 0 aliphatic carbocycles. The lowest BCUT2D eigenvalue weighted by Crippen LogP contribution is -2.15. The molecule has 1 heterocycles. The Morgan fingerprint density at radius 1 is 1.00 bits per heavy atom. The van der Waals surface area contributed by atoms with Crippen LogP contribution in [0, 0.1) is 12.7 Å². The minimum absolute atomic E-state index is 0.0139. The Labute approximate surface area is 152 Å². The van der Waals surface area contributed by atoms with E-state index in [1.54, 1.807) is 36.5 Å². The number of halogens is 1. The zero-order valence-electron chi connectivity index (χ0n) is 14.5. The second-order valence-electron chi connectivity index (χ2n) is 6.03. The van der Waals surface area contributed by atoms with Crippen molar-refractivity contribution >= 4 is 17.4 Å². The Hall–Kier alpha value is -3.21. The van der Waals surface area contributed by atoms with E-state index in [0.717, 1.165) is 5.82 Å². The van der Waals surface area contributed by atoms with E-state index in [1.807, 2.05) is 12.1 Å². The Morgan fingerprint density at radius 3 is 2.42 bits per heavy atom. The van der Waals surface area contributed by atoms with Crippen molar-refractivity contribution in [1.29, 1.82) is 0 Å². The van der Waals surface area contributed by atoms with Gasteiger partial charge in [-0.2, -0.15) is 0 Å². The molecule has 0 unspecified atom stereocenters. The highest BCUT2D eigenvalue weighted by Crippen LogP contribution is 2.14. The lowest BCUT2D eigenvalue weighted by molar-refractivity contribution is -0.115. The predicted octanol–water partition coefficient (Wildman–Crippen LogP) is 4.32. The van der Waals surface area contributed by atoms with Crippen molar-refractivity contribution < 1.29 is 9.18 Å². The number of nitrogens with one attached hydrogen (secondary N) is 2. The second-order valence-corrected chi connectivity index (χ2v) is 6.03. The Kier molecular flexibility index (Phi) is 5.59. The smallest absolute Gasteiger partial charge is 0.228 e. The molecule has 2 N–H and O–H groups in total. The number of amides is 1. The first kappa shape index (κ1) is 17.6. The Balaban J connectivity index is 1.55. The molecule has 0 saturated carbocycles. The maximum absolute atomic E-state index is 13.6. The van der Waals surface area contributed by atoms with Crippen molar-refractivity contribution in [2.75, 3.05) is 10.6 Å². The summed E-state index contributed by atoms with van der Waals surface area (Å²) in [6.45, 7) is 2.75. The minimum Gasteiger partial charge on any atom is -0.366 e. The van der Waals surface area contributed by atoms with Crippen LogP contribution in [0.5, 0.6) is 0 Å². The molecule has 1 aromatic heterocycles. The van der Waals surface area contributed by atoms with Crippen molar-refractivity contribution in [1.82, 2.24) is 4.98 Å². The number of hydrogen-bond donors (Lipinski definition) is 2. The average molecular weight is 349 g/mol. The van der Waals surface area contributed by atoms with E-state index >= 15 is 0 Å². The van der Waals surface area contributed by atoms with Crippen molar-refractivity contribution in [2.45, 2.75) is 19.9 Å². The number of hydrogen-bond acceptors (Lipinski definition) is 3. The Bertz CT molecular complexity index is 894. The molecule has 0 aliphatic heterocycles. The minimum atomic E-state index is -0.378. The van der Waals surface area contributed by atoms with Gasteiger partial charge in [0.15, 0.2) is 0 Å². The summed E-state index contributed by atoms with van der Waals surface area (Å²) < 4.78 is 13.6. The molecule has 0 atom stereocenters. The van der Waals surface area contributed by atoms with Gasteiger partial charge in [-0.15, -0.1) is 0 Å². The van der Waals surface area contributed by atoms with Gasteiger partial charge in [-0.25, -0.2) is 9.37 Å². The number of carbonyl (C=O) groups excluding carboxylic acids is 1. The van der Waals surface area contributed by atoms with Crippen LogP contribution in [0.25, 0.3) is 0 Å². The molecule has 3 rings (SSSR count). The van der Waals surface area contributed by atoms with Crippen LogP contribution in [0.1, 0.15) is 16.7 Å². The largest absolute Gasteiger partial charge is 0.366 e. The second kappa shape index (κ2) is 8.25. The first-order chi connectivity index (χ1) is 12.6. The zero-order chi connectivity index (χ0) is 18.4. The van der Waals surface area contributed by atoms with E-state index in [2.05, 4.69) is 34.7 Å². The van der Waals surface area contributed by atoms with E-state index in [0.29, 0.717) is 17.8 Å². The van der Waals surface area contributed by atoms with Crippen LogP contribution in [0.2, 0.25) is 0 Å². The molecule has 0 bridgehead atoms. The van der Waals surface area contributed by atoms with Gasteiger partial charge in [0.1, 0.15) is 11.6 Å². The van der Waals surface area contributed by atoms with Gasteiger partial charge in [0.25, 0.3) is 0 Å². The van der Waals surface area contributed by atoms with Crippen molar-refractivity contribution in [3.05, 3.63) is 89.4 Å². The van der Waals surface area contributed by atoms with Crippen molar-refractivity contribution in [3.63, 3.8) is 0 Å². The summed E-state index contributed by atoms with van der Waals surface area (Å²) >= 11 is 0. The number of aromatic nitrogens is 1. The number of rotatable bonds is 6. The molecule has 3 aromatic rings. The van der Waals surface area contributed by atoms with E-state index in [-0.39, 0.29) is 18.1 Å². The fourth-order valence-corrected chi connectivity index (χ4v) is 2.59. The van der Waals surface area contributed by atoms with E-state index in [4.69, 9.17) is 0 Å². The van der Waals surface area contributed by atoms with Crippen molar-refractivity contribution in [3.8, 4) is 0 Å². The SMILES string of the molecule is Cc1ccccc1CNc1ccc(NC(=O)Cc2ccccc2F)cn1. The fraction of sp³-hybridized carbons (Fsp3) is 0.143. The van der Waals surface area contributed by atoms with Gasteiger partial charge in [-0.05, 0) is 41.8 Å². The van der Waals surface area contributed by atoms with Gasteiger partial charge in [0.05, 0.1) is 18.3 Å². The first-order valence-electron chi connectivity index (χ1n) is 8.39. The van der Waals surface area contributed by atoms with Crippen LogP contribution in [0.4, 0.5) is 15.9 Å². The molecule has 1 amide bonds. The maximum atomic E-state index is 13.6. The van der Waals surface area contributed by atoms with Crippen LogP contribution in [0.3, 0.4) is 0 Å². The van der Waals surface area contributed by atoms with Gasteiger partial charge in [-0.3, -0.25) is 4.79 Å². The molecule has 0 saturated heterocycles. The number of carbonyl (C=O) groups is 1. The van der Waals surface area contributed by atoms with Crippen LogP contribution in [-0.2, 0) is 17.8 Å². The summed E-state index contributed by atoms with van der Waals surface area (Å²) in [5.74, 6) is 0.0643. The Morgan fingerprint density at radius 2 is 1.73 bits per heavy atom. The third-order valence-electron chi connectivity index (χ3n) is 4.08. The number of aryl methyl sites for hydroxylation is 1. The van der Waals surface area contributed by atoms with Crippen LogP contribution >= 0.6 is 0 Å². The molecule has 5 heteroatoms. The molecule has 132 valence electrons. The number of nitrogens with zero attached hydrogens (tertiary/aromatic N) is 1. The van der Waals surface area contributed by atoms with Crippen LogP contribution < -0.4 is 10.6 Å². The van der Waals surface area contributed by atoms with E-state index in [9.17, 15) is 9.18 Å². The molecular weight excluding hydrogens is 329 g/mol. The van der Waals surface area contributed by atoms with Gasteiger partial charge < -0.3 is 10.6 Å². The van der Waals surface area contributed by atoms with Gasteiger partial charge in [0.2, 0.25) is 5.91 Å². The predicted molar refractivity (Wildman–Crippen MR) is 101 cm³/mol. The standard InChI is InChI=1S/C21H20FN3O/c1-15-6-2-3-8-17(15)13-23-20-11-10-18(14-24-20)25-21(26)12-16-7-4-5-9-19(16)22/h2-11,14H,12-13H2,1H3,(H,23,24)(H,25,26). The molecule has 0 aliphatic rings. The molecule has 2 aromatic carbocycles. The molecular formula is C21H20FN3O. The van der Waals surface area contributed by atoms with Crippen molar-refractivity contribution in [2.24, 2.45) is 0 Å². The third kappa shape index (κ3) is 4.66. The fourth-order valence-electron chi connectivity index (χ4n) is 2.59. The van der Waals surface area contributed by atoms with E-state index in [1.165, 1.54) is 17.2 Å². The van der Waals surface area contributed by atoms with E-state index < -0.39 is 0 Å². The monoisotopic (exact) mass is 349 g/mol. The highest BCUT2D eigenvalue weighted by Gasteiger charge is 2.08. The molecule has 0 fully saturated rings. The maximum Gasteiger partial charge on any atom is 0.228 e. The summed E-state index contributed by atoms with van der Waals surface area (Å²) in [5.41, 5.74) is 3.37. The highest BCUT2D eigenvalue weighted by molar-refractivity contribution is 5.92. The van der Waals surface area contributed by atoms with Gasteiger partial charge in [0, 0.05) is 6.54 Å². The van der Waals surface area contributed by atoms with Gasteiger partial charge in [-0.1, -0.05) is 42.5 Å². The lowest BCUT2D eigenvalue weighted by Gasteiger charge is -2.09. The zero-order valence-corrected chi connectivity index (χ0v) is 14.5. The summed E-state index contributed by atoms with van der Waals surface area (Å²) in [5, 5.41) is 5.99. The molecule has 0 spiro atoms. The topological polar surface area (TPSA) is 54.0 Å². The molecule has 4 nitrogen and oxygen atoms in total. The summed E-state index contributed by atoms with van der Waals surface area (Å²) in [4.78, 5) is 16.3. The number of pyridine rings is 1. The average Bonchev–Trinajstić information content (AvgIpc) is 2.64. The number of anilines is 2. The molecule has 26 heavy (non-hydrogen) atoms. The normalized spacial score (nSPS) is 10.4. The first-order valence-corrected chi connectivity index (χ1v) is 8.39.